The van der Waals surface area contributed by atoms with E-state index in [2.05, 4.69) is 4.74 Å². The molecule has 1 rings (SSSR count). The third-order valence-corrected chi connectivity index (χ3v) is 3.33. The number of amides is 2. The predicted octanol–water partition coefficient (Wildman–Crippen LogP) is 1.12. The number of halogens is 3. The Morgan fingerprint density at radius 2 is 1.82 bits per heavy atom. The second kappa shape index (κ2) is 5.62. The van der Waals surface area contributed by atoms with Crippen molar-refractivity contribution >= 4 is 17.8 Å². The van der Waals surface area contributed by atoms with Gasteiger partial charge < -0.3 is 15.0 Å². The predicted molar refractivity (Wildman–Crippen MR) is 69.3 cm³/mol. The number of nitrogens with one attached hydrogen (secondary N) is 1. The minimum Gasteiger partial charge on any atom is -0.466 e. The summed E-state index contributed by atoms with van der Waals surface area (Å²) in [6.07, 6.45) is -5.20. The normalized spacial score (nSPS) is 22.4. The molecule has 0 aromatic rings. The summed E-state index contributed by atoms with van der Waals surface area (Å²) >= 11 is 0. The first kappa shape index (κ1) is 18.0. The van der Waals surface area contributed by atoms with E-state index in [4.69, 9.17) is 0 Å². The molecule has 0 saturated heterocycles. The molecule has 9 heteroatoms. The van der Waals surface area contributed by atoms with Crippen LogP contribution in [0.5, 0.6) is 0 Å². The fourth-order valence-corrected chi connectivity index (χ4v) is 2.57. The molecule has 0 saturated carbocycles. The third kappa shape index (κ3) is 2.44. The molecule has 124 valence electrons. The van der Waals surface area contributed by atoms with Crippen LogP contribution in [0.15, 0.2) is 11.3 Å². The van der Waals surface area contributed by atoms with Gasteiger partial charge in [0.05, 0.1) is 7.11 Å². The molecule has 22 heavy (non-hydrogen) atoms. The first-order valence-electron chi connectivity index (χ1n) is 6.40. The van der Waals surface area contributed by atoms with E-state index >= 15 is 0 Å². The molecule has 1 atom stereocenters. The molecular formula is C13H17F3N2O4. The van der Waals surface area contributed by atoms with Crippen LogP contribution in [0.4, 0.5) is 13.2 Å². The van der Waals surface area contributed by atoms with Crippen LogP contribution in [-0.4, -0.2) is 47.6 Å². The maximum atomic E-state index is 13.7. The van der Waals surface area contributed by atoms with Gasteiger partial charge in [0, 0.05) is 18.7 Å². The van der Waals surface area contributed by atoms with Crippen molar-refractivity contribution in [3.63, 3.8) is 0 Å². The Morgan fingerprint density at radius 1 is 1.32 bits per heavy atom. The van der Waals surface area contributed by atoms with Crippen LogP contribution in [0, 0.1) is 0 Å². The second-order valence-corrected chi connectivity index (χ2v) is 5.15. The number of nitrogens with zero attached hydrogens (tertiary/aromatic N) is 1. The molecule has 1 aliphatic rings. The molecule has 0 aromatic carbocycles. The lowest BCUT2D eigenvalue weighted by atomic mass is 9.89. The Kier molecular flexibility index (Phi) is 4.59. The Hall–Kier alpha value is -2.06. The number of hydrogen-bond donors (Lipinski definition) is 1. The zero-order valence-electron chi connectivity index (χ0n) is 12.8. The quantitative estimate of drug-likeness (QED) is 0.790. The van der Waals surface area contributed by atoms with Crippen LogP contribution >= 0.6 is 0 Å². The van der Waals surface area contributed by atoms with E-state index in [1.54, 1.807) is 5.32 Å². The highest BCUT2D eigenvalue weighted by Gasteiger charge is 2.70. The van der Waals surface area contributed by atoms with Crippen molar-refractivity contribution in [1.29, 1.82) is 0 Å². The minimum absolute atomic E-state index is 0.196. The van der Waals surface area contributed by atoms with Gasteiger partial charge in [-0.15, -0.1) is 0 Å². The first-order chi connectivity index (χ1) is 9.91. The summed E-state index contributed by atoms with van der Waals surface area (Å²) < 4.78 is 45.4. The van der Waals surface area contributed by atoms with E-state index < -0.39 is 41.1 Å². The summed E-state index contributed by atoms with van der Waals surface area (Å²) in [6, 6.07) is -0.634. The summed E-state index contributed by atoms with van der Waals surface area (Å²) in [7, 11) is 0.903. The highest BCUT2D eigenvalue weighted by atomic mass is 19.4. The van der Waals surface area contributed by atoms with Gasteiger partial charge in [-0.2, -0.15) is 13.2 Å². The topological polar surface area (TPSA) is 75.7 Å². The minimum atomic E-state index is -5.20. The fourth-order valence-electron chi connectivity index (χ4n) is 2.57. The van der Waals surface area contributed by atoms with Gasteiger partial charge in [0.1, 0.15) is 5.57 Å². The fraction of sp³-hybridized carbons (Fsp3) is 0.615. The number of allylic oxidation sites excluding steroid dienone is 1. The molecule has 1 heterocycles. The number of alkyl halides is 3. The van der Waals surface area contributed by atoms with Gasteiger partial charge in [-0.1, -0.05) is 0 Å². The van der Waals surface area contributed by atoms with Crippen LogP contribution < -0.4 is 5.32 Å². The standard InChI is InChI=1S/C13H17F3N2O4/c1-6(2)18-7(3)9(10(20)22-5)12(11(18)21,13(14,15)16)17-8(4)19/h6H,1-5H3,(H,17,19)/t12-/m0/s1. The average Bonchev–Trinajstić information content (AvgIpc) is 2.56. The van der Waals surface area contributed by atoms with Gasteiger partial charge in [0.2, 0.25) is 11.4 Å². The Bertz CT molecular complexity index is 554. The van der Waals surface area contributed by atoms with Crippen LogP contribution in [-0.2, 0) is 19.1 Å². The number of hydrogen-bond acceptors (Lipinski definition) is 4. The zero-order chi connectivity index (χ0) is 17.5. The van der Waals surface area contributed by atoms with Crippen molar-refractivity contribution in [3.8, 4) is 0 Å². The summed E-state index contributed by atoms with van der Waals surface area (Å²) in [6.45, 7) is 5.04. The Balaban J connectivity index is 3.74. The van der Waals surface area contributed by atoms with E-state index in [0.717, 1.165) is 18.9 Å². The van der Waals surface area contributed by atoms with E-state index in [1.807, 2.05) is 0 Å². The third-order valence-electron chi connectivity index (χ3n) is 3.33. The van der Waals surface area contributed by atoms with Crippen molar-refractivity contribution in [3.05, 3.63) is 11.3 Å². The maximum Gasteiger partial charge on any atom is 0.425 e. The van der Waals surface area contributed by atoms with Crippen LogP contribution in [0.2, 0.25) is 0 Å². The number of esters is 1. The number of carbonyl (C=O) groups is 3. The smallest absolute Gasteiger partial charge is 0.425 e. The first-order valence-corrected chi connectivity index (χ1v) is 6.40. The largest absolute Gasteiger partial charge is 0.466 e. The Morgan fingerprint density at radius 3 is 2.14 bits per heavy atom. The SMILES string of the molecule is COC(=O)C1=C(C)N(C(C)C)C(=O)[C@]1(NC(C)=O)C(F)(F)F. The lowest BCUT2D eigenvalue weighted by Crippen LogP contribution is -2.66. The van der Waals surface area contributed by atoms with Gasteiger partial charge in [0.15, 0.2) is 0 Å². The van der Waals surface area contributed by atoms with Crippen molar-refractivity contribution in [1.82, 2.24) is 10.2 Å². The van der Waals surface area contributed by atoms with E-state index in [1.165, 1.54) is 20.8 Å². The molecular weight excluding hydrogens is 305 g/mol. The van der Waals surface area contributed by atoms with Crippen molar-refractivity contribution in [2.24, 2.45) is 0 Å². The summed E-state index contributed by atoms with van der Waals surface area (Å²) in [4.78, 5) is 36.4. The molecule has 0 fully saturated rings. The summed E-state index contributed by atoms with van der Waals surface area (Å²) in [5, 5.41) is 1.61. The number of rotatable bonds is 3. The molecule has 6 nitrogen and oxygen atoms in total. The number of carbonyl (C=O) groups excluding carboxylic acids is 3. The lowest BCUT2D eigenvalue weighted by Gasteiger charge is -2.33. The van der Waals surface area contributed by atoms with Crippen molar-refractivity contribution in [2.45, 2.75) is 45.5 Å². The lowest BCUT2D eigenvalue weighted by molar-refractivity contribution is -0.196. The monoisotopic (exact) mass is 322 g/mol. The van der Waals surface area contributed by atoms with Crippen LogP contribution in [0.3, 0.4) is 0 Å². The molecule has 0 spiro atoms. The second-order valence-electron chi connectivity index (χ2n) is 5.15. The molecule has 1 aliphatic heterocycles. The molecule has 0 bridgehead atoms. The average molecular weight is 322 g/mol. The van der Waals surface area contributed by atoms with Crippen LogP contribution in [0.25, 0.3) is 0 Å². The van der Waals surface area contributed by atoms with Crippen LogP contribution in [0.1, 0.15) is 27.7 Å². The van der Waals surface area contributed by atoms with E-state index in [-0.39, 0.29) is 5.70 Å². The van der Waals surface area contributed by atoms with E-state index in [0.29, 0.717) is 0 Å². The van der Waals surface area contributed by atoms with Gasteiger partial charge in [0.25, 0.3) is 5.91 Å². The molecule has 1 N–H and O–H groups in total. The van der Waals surface area contributed by atoms with Crippen molar-refractivity contribution < 1.29 is 32.3 Å². The number of methoxy groups -OCH3 is 1. The molecule has 0 unspecified atom stereocenters. The van der Waals surface area contributed by atoms with E-state index in [9.17, 15) is 27.6 Å². The molecule has 0 radical (unpaired) electrons. The summed E-state index contributed by atoms with van der Waals surface area (Å²) in [5.41, 5.74) is -4.55. The van der Waals surface area contributed by atoms with Gasteiger partial charge in [-0.05, 0) is 20.8 Å². The molecule has 2 amide bonds. The summed E-state index contributed by atoms with van der Waals surface area (Å²) in [5.74, 6) is -3.84. The van der Waals surface area contributed by atoms with Gasteiger partial charge >= 0.3 is 12.1 Å². The zero-order valence-corrected chi connectivity index (χ0v) is 12.8. The highest BCUT2D eigenvalue weighted by Crippen LogP contribution is 2.45. The number of ether oxygens (including phenoxy) is 1. The van der Waals surface area contributed by atoms with Gasteiger partial charge in [-0.3, -0.25) is 9.59 Å². The molecule has 0 aliphatic carbocycles. The van der Waals surface area contributed by atoms with Crippen molar-refractivity contribution in [2.75, 3.05) is 7.11 Å². The maximum absolute atomic E-state index is 13.7. The Labute approximate surface area is 125 Å². The van der Waals surface area contributed by atoms with Gasteiger partial charge in [-0.25, -0.2) is 4.79 Å². The highest BCUT2D eigenvalue weighted by molar-refractivity contribution is 6.10. The molecule has 0 aromatic heterocycles.